The van der Waals surface area contributed by atoms with Crippen LogP contribution in [0.5, 0.6) is 0 Å². The lowest BCUT2D eigenvalue weighted by molar-refractivity contribution is -0.120. The summed E-state index contributed by atoms with van der Waals surface area (Å²) in [6.45, 7) is 1.97. The molecule has 14 heavy (non-hydrogen) atoms. The highest BCUT2D eigenvalue weighted by Gasteiger charge is 2.18. The number of alkyl halides is 1. The summed E-state index contributed by atoms with van der Waals surface area (Å²) in [6, 6.07) is 0.544. The second kappa shape index (κ2) is 6.40. The predicted molar refractivity (Wildman–Crippen MR) is 61.7 cm³/mol. The normalized spacial score (nSPS) is 23.4. The molecule has 1 rings (SSSR count). The number of likely N-dealkylation sites (tertiary alicyclic amines) is 1. The Bertz CT molecular complexity index is 187. The van der Waals surface area contributed by atoms with Crippen LogP contribution in [0.1, 0.15) is 25.7 Å². The van der Waals surface area contributed by atoms with Gasteiger partial charge in [-0.15, -0.1) is 0 Å². The van der Waals surface area contributed by atoms with Crippen LogP contribution in [-0.4, -0.2) is 42.3 Å². The number of hydrogen-bond acceptors (Lipinski definition) is 2. The highest BCUT2D eigenvalue weighted by molar-refractivity contribution is 9.09. The number of nitrogens with zero attached hydrogens (tertiary/aromatic N) is 1. The molecule has 1 unspecified atom stereocenters. The van der Waals surface area contributed by atoms with Gasteiger partial charge >= 0.3 is 0 Å². The molecule has 4 heteroatoms. The summed E-state index contributed by atoms with van der Waals surface area (Å²) in [4.78, 5) is 13.6. The quantitative estimate of drug-likeness (QED) is 0.777. The van der Waals surface area contributed by atoms with Crippen LogP contribution in [0.3, 0.4) is 0 Å². The lowest BCUT2D eigenvalue weighted by atomic mass is 10.0. The van der Waals surface area contributed by atoms with E-state index in [2.05, 4.69) is 33.2 Å². The second-order valence-corrected chi connectivity index (χ2v) is 4.67. The van der Waals surface area contributed by atoms with E-state index in [0.29, 0.717) is 12.5 Å². The average Bonchev–Trinajstić information content (AvgIpc) is 2.17. The first-order valence-electron chi connectivity index (χ1n) is 5.27. The van der Waals surface area contributed by atoms with Gasteiger partial charge in [-0.1, -0.05) is 22.4 Å². The Hall–Kier alpha value is -0.0900. The Morgan fingerprint density at radius 3 is 3.00 bits per heavy atom. The van der Waals surface area contributed by atoms with Crippen LogP contribution in [0.25, 0.3) is 0 Å². The van der Waals surface area contributed by atoms with Gasteiger partial charge in [0.25, 0.3) is 0 Å². The van der Waals surface area contributed by atoms with Crippen LogP contribution in [-0.2, 0) is 4.79 Å². The molecular formula is C10H19BrN2O. The van der Waals surface area contributed by atoms with Crippen LogP contribution >= 0.6 is 15.9 Å². The third-order valence-corrected chi connectivity index (χ3v) is 3.17. The Kier molecular flexibility index (Phi) is 5.48. The first kappa shape index (κ1) is 12.0. The third kappa shape index (κ3) is 3.96. The topological polar surface area (TPSA) is 32.3 Å². The third-order valence-electron chi connectivity index (χ3n) is 2.78. The fourth-order valence-electron chi connectivity index (χ4n) is 1.81. The molecule has 1 aliphatic heterocycles. The predicted octanol–water partition coefficient (Wildman–Crippen LogP) is 1.37. The molecule has 1 amide bonds. The Morgan fingerprint density at radius 1 is 1.57 bits per heavy atom. The molecule has 0 radical (unpaired) electrons. The SMILES string of the molecule is CN1CCCCC1CNC(=O)CCBr. The van der Waals surface area contributed by atoms with E-state index < -0.39 is 0 Å². The van der Waals surface area contributed by atoms with Crippen LogP contribution in [0, 0.1) is 0 Å². The van der Waals surface area contributed by atoms with E-state index >= 15 is 0 Å². The van der Waals surface area contributed by atoms with Gasteiger partial charge in [0.15, 0.2) is 0 Å². The van der Waals surface area contributed by atoms with E-state index in [1.807, 2.05) is 0 Å². The smallest absolute Gasteiger partial charge is 0.220 e. The van der Waals surface area contributed by atoms with Crippen molar-refractivity contribution in [1.82, 2.24) is 10.2 Å². The van der Waals surface area contributed by atoms with Gasteiger partial charge in [-0.25, -0.2) is 0 Å². The molecular weight excluding hydrogens is 244 g/mol. The van der Waals surface area contributed by atoms with Crippen molar-refractivity contribution in [3.63, 3.8) is 0 Å². The molecule has 0 aromatic rings. The zero-order valence-corrected chi connectivity index (χ0v) is 10.3. The summed E-state index contributed by atoms with van der Waals surface area (Å²) >= 11 is 3.26. The molecule has 1 N–H and O–H groups in total. The van der Waals surface area contributed by atoms with Crippen LogP contribution in [0.4, 0.5) is 0 Å². The minimum Gasteiger partial charge on any atom is -0.355 e. The molecule has 0 spiro atoms. The van der Waals surface area contributed by atoms with Crippen molar-refractivity contribution in [2.45, 2.75) is 31.7 Å². The number of carbonyl (C=O) groups is 1. The Morgan fingerprint density at radius 2 is 2.36 bits per heavy atom. The fraction of sp³-hybridized carbons (Fsp3) is 0.900. The van der Waals surface area contributed by atoms with Crippen LogP contribution < -0.4 is 5.32 Å². The summed E-state index contributed by atoms with van der Waals surface area (Å²) < 4.78 is 0. The number of hydrogen-bond donors (Lipinski definition) is 1. The monoisotopic (exact) mass is 262 g/mol. The summed E-state index contributed by atoms with van der Waals surface area (Å²) in [5.41, 5.74) is 0. The van der Waals surface area contributed by atoms with E-state index in [1.54, 1.807) is 0 Å². The van der Waals surface area contributed by atoms with E-state index in [0.717, 1.165) is 11.9 Å². The zero-order valence-electron chi connectivity index (χ0n) is 8.76. The maximum absolute atomic E-state index is 11.2. The van der Waals surface area contributed by atoms with Gasteiger partial charge in [-0.2, -0.15) is 0 Å². The molecule has 0 aromatic carbocycles. The van der Waals surface area contributed by atoms with E-state index in [1.165, 1.54) is 25.8 Å². The van der Waals surface area contributed by atoms with Gasteiger partial charge in [0.2, 0.25) is 5.91 Å². The van der Waals surface area contributed by atoms with Crippen molar-refractivity contribution in [2.24, 2.45) is 0 Å². The highest BCUT2D eigenvalue weighted by Crippen LogP contribution is 2.13. The summed E-state index contributed by atoms with van der Waals surface area (Å²) in [6.07, 6.45) is 4.38. The lowest BCUT2D eigenvalue weighted by Gasteiger charge is -2.32. The van der Waals surface area contributed by atoms with Gasteiger partial charge in [-0.05, 0) is 26.4 Å². The van der Waals surface area contributed by atoms with Crippen molar-refractivity contribution in [3.8, 4) is 0 Å². The zero-order chi connectivity index (χ0) is 10.4. The van der Waals surface area contributed by atoms with Gasteiger partial charge in [0.05, 0.1) is 0 Å². The largest absolute Gasteiger partial charge is 0.355 e. The summed E-state index contributed by atoms with van der Waals surface area (Å²) in [5.74, 6) is 0.154. The number of likely N-dealkylation sites (N-methyl/N-ethyl adjacent to an activating group) is 1. The maximum Gasteiger partial charge on any atom is 0.220 e. The first-order valence-corrected chi connectivity index (χ1v) is 6.39. The number of amides is 1. The minimum absolute atomic E-state index is 0.154. The molecule has 1 aliphatic rings. The molecule has 0 aliphatic carbocycles. The molecule has 1 fully saturated rings. The molecule has 3 nitrogen and oxygen atoms in total. The van der Waals surface area contributed by atoms with E-state index in [4.69, 9.17) is 0 Å². The first-order chi connectivity index (χ1) is 6.74. The summed E-state index contributed by atoms with van der Waals surface area (Å²) in [5, 5.41) is 3.72. The van der Waals surface area contributed by atoms with Crippen LogP contribution in [0.15, 0.2) is 0 Å². The lowest BCUT2D eigenvalue weighted by Crippen LogP contribution is -2.44. The van der Waals surface area contributed by atoms with Crippen LogP contribution in [0.2, 0.25) is 0 Å². The van der Waals surface area contributed by atoms with Gasteiger partial charge in [0.1, 0.15) is 0 Å². The second-order valence-electron chi connectivity index (χ2n) is 3.87. The van der Waals surface area contributed by atoms with E-state index in [9.17, 15) is 4.79 Å². The average molecular weight is 263 g/mol. The van der Waals surface area contributed by atoms with Crippen molar-refractivity contribution in [3.05, 3.63) is 0 Å². The Balaban J connectivity index is 2.19. The number of rotatable bonds is 4. The number of nitrogens with one attached hydrogen (secondary N) is 1. The Labute approximate surface area is 94.4 Å². The van der Waals surface area contributed by atoms with Gasteiger partial charge < -0.3 is 10.2 Å². The van der Waals surface area contributed by atoms with Crippen molar-refractivity contribution in [1.29, 1.82) is 0 Å². The summed E-state index contributed by atoms with van der Waals surface area (Å²) in [7, 11) is 2.14. The van der Waals surface area contributed by atoms with Crippen molar-refractivity contribution >= 4 is 21.8 Å². The number of piperidine rings is 1. The van der Waals surface area contributed by atoms with Gasteiger partial charge in [0, 0.05) is 24.3 Å². The molecule has 0 saturated carbocycles. The number of halogens is 1. The molecule has 0 bridgehead atoms. The van der Waals surface area contributed by atoms with Crippen molar-refractivity contribution < 1.29 is 4.79 Å². The maximum atomic E-state index is 11.2. The number of carbonyl (C=O) groups excluding carboxylic acids is 1. The molecule has 0 aromatic heterocycles. The van der Waals surface area contributed by atoms with Crippen molar-refractivity contribution in [2.75, 3.05) is 25.5 Å². The fourth-order valence-corrected chi connectivity index (χ4v) is 2.17. The molecule has 1 saturated heterocycles. The molecule has 82 valence electrons. The van der Waals surface area contributed by atoms with E-state index in [-0.39, 0.29) is 5.91 Å². The highest BCUT2D eigenvalue weighted by atomic mass is 79.9. The van der Waals surface area contributed by atoms with Gasteiger partial charge in [-0.3, -0.25) is 4.79 Å². The molecule has 1 heterocycles. The molecule has 1 atom stereocenters. The standard InChI is InChI=1S/C10H19BrN2O/c1-13-7-3-2-4-9(13)8-12-10(14)5-6-11/h9H,2-8H2,1H3,(H,12,14). The minimum atomic E-state index is 0.154.